The van der Waals surface area contributed by atoms with Gasteiger partial charge in [0.1, 0.15) is 17.5 Å². The second-order valence-electron chi connectivity index (χ2n) is 3.40. The minimum atomic E-state index is -2.52. The van der Waals surface area contributed by atoms with Crippen LogP contribution >= 0.6 is 11.6 Å². The molecule has 0 radical (unpaired) electrons. The minimum absolute atomic E-state index is 0.243. The monoisotopic (exact) mass is 272 g/mol. The normalized spacial score (nSPS) is 11.4. The Kier molecular flexibility index (Phi) is 6.01. The smallest absolute Gasteiger partial charge is 0.257 e. The third kappa shape index (κ3) is 5.55. The number of pyridine rings is 1. The zero-order chi connectivity index (χ0) is 13.4. The first-order chi connectivity index (χ1) is 8.61. The van der Waals surface area contributed by atoms with Gasteiger partial charge in [0.25, 0.3) is 6.43 Å². The Hall–Kier alpha value is -1.74. The largest absolute Gasteiger partial charge is 0.281 e. The fraction of sp³-hybridized carbons (Fsp3) is 0.364. The number of alkyl halides is 2. The van der Waals surface area contributed by atoms with Gasteiger partial charge in [0.15, 0.2) is 6.19 Å². The Morgan fingerprint density at radius 1 is 1.56 bits per heavy atom. The topological polar surface area (TPSA) is 61.1 Å². The van der Waals surface area contributed by atoms with E-state index in [0.717, 1.165) is 5.56 Å². The minimum Gasteiger partial charge on any atom is -0.281 e. The maximum Gasteiger partial charge on any atom is 0.257 e. The van der Waals surface area contributed by atoms with E-state index in [1.807, 2.05) is 0 Å². The van der Waals surface area contributed by atoms with Crippen molar-refractivity contribution in [1.29, 1.82) is 5.26 Å². The third-order valence-corrected chi connectivity index (χ3v) is 2.28. The van der Waals surface area contributed by atoms with Gasteiger partial charge in [0, 0.05) is 12.6 Å². The summed E-state index contributed by atoms with van der Waals surface area (Å²) in [4.78, 5) is 7.53. The molecule has 0 fully saturated rings. The standard InChI is InChI=1S/C11H11ClF2N4/c12-9-3-1-8(5-16-9)2-4-11(18-7-15)17-6-10(13)14/h1,3,5,10H,2,4,6H2,(H,17,18). The molecular weight excluding hydrogens is 262 g/mol. The van der Waals surface area contributed by atoms with Crippen molar-refractivity contribution >= 4 is 17.4 Å². The van der Waals surface area contributed by atoms with Crippen molar-refractivity contribution in [2.45, 2.75) is 19.3 Å². The number of nitrogens with one attached hydrogen (secondary N) is 1. The van der Waals surface area contributed by atoms with Crippen molar-refractivity contribution in [2.24, 2.45) is 4.99 Å². The number of aromatic nitrogens is 1. The highest BCUT2D eigenvalue weighted by Gasteiger charge is 2.04. The van der Waals surface area contributed by atoms with Crippen molar-refractivity contribution in [1.82, 2.24) is 10.3 Å². The van der Waals surface area contributed by atoms with Gasteiger partial charge >= 0.3 is 0 Å². The van der Waals surface area contributed by atoms with Crippen molar-refractivity contribution in [2.75, 3.05) is 6.54 Å². The lowest BCUT2D eigenvalue weighted by Crippen LogP contribution is -2.20. The number of nitrogens with zero attached hydrogens (tertiary/aromatic N) is 3. The lowest BCUT2D eigenvalue weighted by Gasteiger charge is -2.04. The van der Waals surface area contributed by atoms with E-state index < -0.39 is 13.0 Å². The molecule has 1 aromatic rings. The lowest BCUT2D eigenvalue weighted by atomic mass is 10.1. The van der Waals surface area contributed by atoms with Gasteiger partial charge in [0.2, 0.25) is 0 Å². The Bertz CT molecular complexity index is 439. The maximum atomic E-state index is 12.0. The molecule has 7 heteroatoms. The number of amidine groups is 1. The first-order valence-corrected chi connectivity index (χ1v) is 5.56. The Labute approximate surface area is 108 Å². The molecule has 0 aliphatic heterocycles. The molecule has 0 aromatic carbocycles. The fourth-order valence-corrected chi connectivity index (χ4v) is 1.35. The maximum absolute atomic E-state index is 12.0. The molecule has 0 spiro atoms. The Balaban J connectivity index is 2.54. The van der Waals surface area contributed by atoms with Crippen LogP contribution in [-0.2, 0) is 6.42 Å². The van der Waals surface area contributed by atoms with Crippen molar-refractivity contribution in [3.05, 3.63) is 29.0 Å². The fourth-order valence-electron chi connectivity index (χ4n) is 1.24. The summed E-state index contributed by atoms with van der Waals surface area (Å²) in [6.45, 7) is -0.608. The van der Waals surface area contributed by atoms with Crippen LogP contribution < -0.4 is 5.32 Å². The number of rotatable bonds is 5. The molecule has 0 aliphatic carbocycles. The summed E-state index contributed by atoms with van der Waals surface area (Å²) in [5.74, 6) is 0.243. The summed E-state index contributed by atoms with van der Waals surface area (Å²) in [5.41, 5.74) is 0.892. The van der Waals surface area contributed by atoms with E-state index in [0.29, 0.717) is 18.0 Å². The molecule has 0 saturated carbocycles. The molecule has 96 valence electrons. The summed E-state index contributed by atoms with van der Waals surface area (Å²) in [5, 5.41) is 11.2. The second kappa shape index (κ2) is 7.56. The molecule has 4 nitrogen and oxygen atoms in total. The summed E-state index contributed by atoms with van der Waals surface area (Å²) >= 11 is 5.64. The highest BCUT2D eigenvalue weighted by molar-refractivity contribution is 6.29. The van der Waals surface area contributed by atoms with Crippen LogP contribution in [0.2, 0.25) is 5.15 Å². The first kappa shape index (κ1) is 14.3. The molecular formula is C11H11ClF2N4. The van der Waals surface area contributed by atoms with Crippen molar-refractivity contribution < 1.29 is 8.78 Å². The second-order valence-corrected chi connectivity index (χ2v) is 3.79. The van der Waals surface area contributed by atoms with E-state index in [4.69, 9.17) is 16.9 Å². The van der Waals surface area contributed by atoms with Crippen LogP contribution in [0.1, 0.15) is 12.0 Å². The van der Waals surface area contributed by atoms with E-state index >= 15 is 0 Å². The number of hydrogen-bond donors (Lipinski definition) is 1. The molecule has 0 amide bonds. The molecule has 0 unspecified atom stereocenters. The van der Waals surface area contributed by atoms with E-state index in [2.05, 4.69) is 15.3 Å². The van der Waals surface area contributed by atoms with Gasteiger partial charge < -0.3 is 0 Å². The number of halogens is 3. The lowest BCUT2D eigenvalue weighted by molar-refractivity contribution is 0.158. The van der Waals surface area contributed by atoms with Crippen LogP contribution in [0.15, 0.2) is 23.3 Å². The molecule has 1 N–H and O–H groups in total. The predicted molar refractivity (Wildman–Crippen MR) is 64.6 cm³/mol. The predicted octanol–water partition coefficient (Wildman–Crippen LogP) is 2.40. The number of nitriles is 1. The molecule has 1 aromatic heterocycles. The summed E-state index contributed by atoms with van der Waals surface area (Å²) in [6.07, 6.45) is 1.66. The molecule has 0 aliphatic rings. The van der Waals surface area contributed by atoms with Gasteiger partial charge in [-0.25, -0.2) is 13.8 Å². The third-order valence-electron chi connectivity index (χ3n) is 2.06. The van der Waals surface area contributed by atoms with Crippen LogP contribution in [0.5, 0.6) is 0 Å². The zero-order valence-electron chi connectivity index (χ0n) is 9.41. The van der Waals surface area contributed by atoms with Gasteiger partial charge in [-0.3, -0.25) is 10.3 Å². The number of aliphatic imine (C=N–C) groups is 1. The van der Waals surface area contributed by atoms with Crippen molar-refractivity contribution in [3.63, 3.8) is 0 Å². The molecule has 0 saturated heterocycles. The highest BCUT2D eigenvalue weighted by atomic mass is 35.5. The number of hydrogen-bond acceptors (Lipinski definition) is 3. The Morgan fingerprint density at radius 3 is 2.89 bits per heavy atom. The van der Waals surface area contributed by atoms with Gasteiger partial charge in [-0.05, 0) is 18.1 Å². The van der Waals surface area contributed by atoms with Crippen LogP contribution in [0, 0.1) is 11.5 Å². The van der Waals surface area contributed by atoms with Crippen LogP contribution in [0.25, 0.3) is 0 Å². The molecule has 18 heavy (non-hydrogen) atoms. The number of aryl methyl sites for hydroxylation is 1. The molecule has 1 rings (SSSR count). The van der Waals surface area contributed by atoms with E-state index in [-0.39, 0.29) is 5.84 Å². The highest BCUT2D eigenvalue weighted by Crippen LogP contribution is 2.07. The summed E-state index contributed by atoms with van der Waals surface area (Å²) < 4.78 is 24.0. The van der Waals surface area contributed by atoms with E-state index in [1.54, 1.807) is 24.5 Å². The average Bonchev–Trinajstić information content (AvgIpc) is 2.34. The molecule has 1 heterocycles. The van der Waals surface area contributed by atoms with Gasteiger partial charge in [-0.2, -0.15) is 5.26 Å². The van der Waals surface area contributed by atoms with Crippen molar-refractivity contribution in [3.8, 4) is 6.19 Å². The Morgan fingerprint density at radius 2 is 2.33 bits per heavy atom. The summed E-state index contributed by atoms with van der Waals surface area (Å²) in [6, 6.07) is 3.43. The molecule has 0 bridgehead atoms. The van der Waals surface area contributed by atoms with Gasteiger partial charge in [-0.1, -0.05) is 17.7 Å². The zero-order valence-corrected chi connectivity index (χ0v) is 10.2. The average molecular weight is 273 g/mol. The van der Waals surface area contributed by atoms with Crippen LogP contribution in [0.4, 0.5) is 8.78 Å². The SMILES string of the molecule is N#CNC(CCc1ccc(Cl)nc1)=NCC(F)F. The van der Waals surface area contributed by atoms with E-state index in [1.165, 1.54) is 0 Å². The van der Waals surface area contributed by atoms with Crippen LogP contribution in [-0.4, -0.2) is 23.8 Å². The van der Waals surface area contributed by atoms with Crippen LogP contribution in [0.3, 0.4) is 0 Å². The summed E-state index contributed by atoms with van der Waals surface area (Å²) in [7, 11) is 0. The molecule has 0 atom stereocenters. The quantitative estimate of drug-likeness (QED) is 0.294. The van der Waals surface area contributed by atoms with Gasteiger partial charge in [0.05, 0.1) is 0 Å². The van der Waals surface area contributed by atoms with Gasteiger partial charge in [-0.15, -0.1) is 0 Å². The first-order valence-electron chi connectivity index (χ1n) is 5.19. The van der Waals surface area contributed by atoms with E-state index in [9.17, 15) is 8.78 Å².